The van der Waals surface area contributed by atoms with Crippen molar-refractivity contribution in [2.24, 2.45) is 23.7 Å². The molecule has 0 aromatic heterocycles. The van der Waals surface area contributed by atoms with Crippen LogP contribution in [0.5, 0.6) is 0 Å². The van der Waals surface area contributed by atoms with Gasteiger partial charge in [0.1, 0.15) is 0 Å². The van der Waals surface area contributed by atoms with Crippen LogP contribution in [0.15, 0.2) is 0 Å². The van der Waals surface area contributed by atoms with Gasteiger partial charge in [0.05, 0.1) is 0 Å². The summed E-state index contributed by atoms with van der Waals surface area (Å²) >= 11 is 0. The molecule has 0 nitrogen and oxygen atoms in total. The first-order valence-electron chi connectivity index (χ1n) is 5.29. The largest absolute Gasteiger partial charge is 0.0651 e. The molecular weight excluding hydrogens is 132 g/mol. The van der Waals surface area contributed by atoms with Gasteiger partial charge in [-0.05, 0) is 49.4 Å². The Morgan fingerprint density at radius 3 is 2.00 bits per heavy atom. The lowest BCUT2D eigenvalue weighted by atomic mass is 9.98. The maximum Gasteiger partial charge on any atom is -0.0380 e. The summed E-state index contributed by atoms with van der Waals surface area (Å²) in [6, 6.07) is 0. The van der Waals surface area contributed by atoms with Crippen molar-refractivity contribution >= 4 is 0 Å². The average molecular weight is 152 g/mol. The minimum Gasteiger partial charge on any atom is -0.0651 e. The monoisotopic (exact) mass is 152 g/mol. The van der Waals surface area contributed by atoms with Gasteiger partial charge in [-0.2, -0.15) is 0 Å². The van der Waals surface area contributed by atoms with Gasteiger partial charge >= 0.3 is 0 Å². The van der Waals surface area contributed by atoms with Crippen molar-refractivity contribution in [1.29, 1.82) is 0 Å². The normalized spacial score (nSPS) is 49.6. The summed E-state index contributed by atoms with van der Waals surface area (Å²) in [5, 5.41) is 0. The SMILES string of the molecule is CCC1CC2CC(C)CC2C1. The van der Waals surface area contributed by atoms with E-state index in [0.29, 0.717) is 0 Å². The zero-order chi connectivity index (χ0) is 7.84. The third-order valence-electron chi connectivity index (χ3n) is 3.93. The number of fused-ring (bicyclic) bond motifs is 1. The molecule has 11 heavy (non-hydrogen) atoms. The zero-order valence-corrected chi connectivity index (χ0v) is 7.84. The summed E-state index contributed by atoms with van der Waals surface area (Å²) in [5.41, 5.74) is 0. The van der Waals surface area contributed by atoms with Gasteiger partial charge in [-0.15, -0.1) is 0 Å². The predicted molar refractivity (Wildman–Crippen MR) is 48.4 cm³/mol. The van der Waals surface area contributed by atoms with E-state index < -0.39 is 0 Å². The van der Waals surface area contributed by atoms with E-state index in [1.807, 2.05) is 0 Å². The fraction of sp³-hybridized carbons (Fsp3) is 1.00. The molecule has 2 atom stereocenters. The summed E-state index contributed by atoms with van der Waals surface area (Å²) in [6.07, 6.45) is 7.64. The van der Waals surface area contributed by atoms with Crippen LogP contribution in [0.2, 0.25) is 0 Å². The van der Waals surface area contributed by atoms with Crippen LogP contribution in [0, 0.1) is 23.7 Å². The van der Waals surface area contributed by atoms with Crippen molar-refractivity contribution < 1.29 is 0 Å². The van der Waals surface area contributed by atoms with Crippen LogP contribution in [0.4, 0.5) is 0 Å². The van der Waals surface area contributed by atoms with Gasteiger partial charge in [-0.25, -0.2) is 0 Å². The molecular formula is C11H20. The molecule has 0 aliphatic heterocycles. The second-order valence-electron chi connectivity index (χ2n) is 4.84. The van der Waals surface area contributed by atoms with E-state index in [1.165, 1.54) is 6.42 Å². The highest BCUT2D eigenvalue weighted by atomic mass is 14.4. The molecule has 2 fully saturated rings. The Morgan fingerprint density at radius 1 is 1.00 bits per heavy atom. The summed E-state index contributed by atoms with van der Waals surface area (Å²) in [4.78, 5) is 0. The Labute approximate surface area is 70.4 Å². The predicted octanol–water partition coefficient (Wildman–Crippen LogP) is 3.47. The average Bonchev–Trinajstić information content (AvgIpc) is 2.43. The minimum absolute atomic E-state index is 1.04. The molecule has 64 valence electrons. The topological polar surface area (TPSA) is 0 Å². The minimum atomic E-state index is 1.04. The van der Waals surface area contributed by atoms with Crippen molar-refractivity contribution in [1.82, 2.24) is 0 Å². The summed E-state index contributed by atoms with van der Waals surface area (Å²) in [7, 11) is 0. The lowest BCUT2D eigenvalue weighted by Crippen LogP contribution is -1.96. The molecule has 0 heterocycles. The summed E-state index contributed by atoms with van der Waals surface area (Å²) < 4.78 is 0. The molecule has 2 saturated carbocycles. The van der Waals surface area contributed by atoms with Crippen LogP contribution in [0.25, 0.3) is 0 Å². The fourth-order valence-electron chi connectivity index (χ4n) is 3.38. The maximum absolute atomic E-state index is 2.43. The first-order valence-corrected chi connectivity index (χ1v) is 5.29. The molecule has 0 radical (unpaired) electrons. The van der Waals surface area contributed by atoms with Gasteiger partial charge in [-0.1, -0.05) is 20.3 Å². The molecule has 0 heteroatoms. The van der Waals surface area contributed by atoms with Crippen molar-refractivity contribution in [3.63, 3.8) is 0 Å². The molecule has 2 aliphatic rings. The van der Waals surface area contributed by atoms with Crippen molar-refractivity contribution in [3.05, 3.63) is 0 Å². The highest BCUT2D eigenvalue weighted by Gasteiger charge is 2.39. The molecule has 2 rings (SSSR count). The van der Waals surface area contributed by atoms with Crippen LogP contribution in [0.1, 0.15) is 46.0 Å². The number of hydrogen-bond donors (Lipinski definition) is 0. The third kappa shape index (κ3) is 1.32. The van der Waals surface area contributed by atoms with E-state index in [0.717, 1.165) is 23.7 Å². The van der Waals surface area contributed by atoms with Crippen LogP contribution in [-0.2, 0) is 0 Å². The Kier molecular flexibility index (Phi) is 1.95. The van der Waals surface area contributed by atoms with Gasteiger partial charge < -0.3 is 0 Å². The summed E-state index contributed by atoms with van der Waals surface area (Å²) in [6.45, 7) is 4.79. The van der Waals surface area contributed by atoms with E-state index in [-0.39, 0.29) is 0 Å². The summed E-state index contributed by atoms with van der Waals surface area (Å²) in [5.74, 6) is 4.41. The molecule has 2 aliphatic carbocycles. The zero-order valence-electron chi connectivity index (χ0n) is 7.84. The third-order valence-corrected chi connectivity index (χ3v) is 3.93. The van der Waals surface area contributed by atoms with E-state index in [9.17, 15) is 0 Å². The van der Waals surface area contributed by atoms with Crippen LogP contribution >= 0.6 is 0 Å². The Hall–Kier alpha value is 0. The Bertz CT molecular complexity index is 125. The van der Waals surface area contributed by atoms with Crippen LogP contribution in [0.3, 0.4) is 0 Å². The number of rotatable bonds is 1. The molecule has 0 aromatic carbocycles. The second kappa shape index (κ2) is 2.80. The smallest absolute Gasteiger partial charge is 0.0380 e. The van der Waals surface area contributed by atoms with Gasteiger partial charge in [0, 0.05) is 0 Å². The van der Waals surface area contributed by atoms with E-state index in [2.05, 4.69) is 13.8 Å². The van der Waals surface area contributed by atoms with Crippen molar-refractivity contribution in [2.45, 2.75) is 46.0 Å². The van der Waals surface area contributed by atoms with Gasteiger partial charge in [0.2, 0.25) is 0 Å². The maximum atomic E-state index is 2.43. The highest BCUT2D eigenvalue weighted by molar-refractivity contribution is 4.89. The molecule has 2 unspecified atom stereocenters. The fourth-order valence-corrected chi connectivity index (χ4v) is 3.38. The standard InChI is InChI=1S/C11H20/c1-3-9-6-10-4-8(2)5-11(10)7-9/h8-11H,3-7H2,1-2H3. The van der Waals surface area contributed by atoms with Crippen molar-refractivity contribution in [3.8, 4) is 0 Å². The van der Waals surface area contributed by atoms with Gasteiger partial charge in [-0.3, -0.25) is 0 Å². The first-order chi connectivity index (χ1) is 5.29. The number of hydrogen-bond acceptors (Lipinski definition) is 0. The molecule has 0 saturated heterocycles. The van der Waals surface area contributed by atoms with Gasteiger partial charge in [0.15, 0.2) is 0 Å². The first kappa shape index (κ1) is 7.64. The molecule has 0 amide bonds. The Morgan fingerprint density at radius 2 is 1.55 bits per heavy atom. The van der Waals surface area contributed by atoms with Crippen LogP contribution in [-0.4, -0.2) is 0 Å². The van der Waals surface area contributed by atoms with E-state index in [4.69, 9.17) is 0 Å². The van der Waals surface area contributed by atoms with E-state index in [1.54, 1.807) is 25.7 Å². The van der Waals surface area contributed by atoms with E-state index >= 15 is 0 Å². The highest BCUT2D eigenvalue weighted by Crippen LogP contribution is 2.49. The second-order valence-corrected chi connectivity index (χ2v) is 4.84. The van der Waals surface area contributed by atoms with Crippen molar-refractivity contribution in [2.75, 3.05) is 0 Å². The molecule has 0 bridgehead atoms. The quantitative estimate of drug-likeness (QED) is 0.539. The molecule has 0 N–H and O–H groups in total. The Balaban J connectivity index is 1.93. The molecule has 0 spiro atoms. The lowest BCUT2D eigenvalue weighted by Gasteiger charge is -2.08. The molecule has 0 aromatic rings. The van der Waals surface area contributed by atoms with Gasteiger partial charge in [0.25, 0.3) is 0 Å². The lowest BCUT2D eigenvalue weighted by molar-refractivity contribution is 0.437. The van der Waals surface area contributed by atoms with Crippen LogP contribution < -0.4 is 0 Å².